The molecule has 1 fully saturated rings. The maximum absolute atomic E-state index is 12.7. The first-order valence-corrected chi connectivity index (χ1v) is 11.5. The van der Waals surface area contributed by atoms with Crippen molar-refractivity contribution in [3.63, 3.8) is 0 Å². The van der Waals surface area contributed by atoms with Crippen LogP contribution in [0, 0.1) is 0 Å². The molecule has 1 N–H and O–H groups in total. The summed E-state index contributed by atoms with van der Waals surface area (Å²) in [5.41, 5.74) is 0.557. The largest absolute Gasteiger partial charge is 0.321 e. The van der Waals surface area contributed by atoms with Crippen LogP contribution in [0.15, 0.2) is 53.4 Å². The fourth-order valence-corrected chi connectivity index (χ4v) is 7.36. The topological polar surface area (TPSA) is 97.4 Å². The van der Waals surface area contributed by atoms with Gasteiger partial charge in [-0.05, 0) is 36.8 Å². The minimum absolute atomic E-state index is 0.0635. The number of hydrogen-bond donors (Lipinski definition) is 1. The van der Waals surface area contributed by atoms with Crippen LogP contribution in [0.3, 0.4) is 0 Å². The lowest BCUT2D eigenvalue weighted by Gasteiger charge is -2.12. The van der Waals surface area contributed by atoms with Gasteiger partial charge in [-0.15, -0.1) is 0 Å². The zero-order chi connectivity index (χ0) is 18.9. The molecule has 0 aliphatic carbocycles. The highest BCUT2D eigenvalue weighted by Crippen LogP contribution is 2.26. The predicted molar refractivity (Wildman–Crippen MR) is 100 cm³/mol. The zero-order valence-corrected chi connectivity index (χ0v) is 15.9. The van der Waals surface area contributed by atoms with E-state index in [1.54, 1.807) is 24.3 Å². The first-order chi connectivity index (χ1) is 12.2. The summed E-state index contributed by atoms with van der Waals surface area (Å²) >= 11 is 6.00. The summed E-state index contributed by atoms with van der Waals surface area (Å²) in [5, 5.41) is 2.01. The third kappa shape index (κ3) is 3.92. The molecular formula is C17H16ClNO5S2. The monoisotopic (exact) mass is 413 g/mol. The number of hydrogen-bond acceptors (Lipinski definition) is 5. The van der Waals surface area contributed by atoms with Crippen molar-refractivity contribution < 1.29 is 21.6 Å². The number of anilines is 1. The van der Waals surface area contributed by atoms with E-state index in [0.29, 0.717) is 10.7 Å². The molecule has 1 atom stereocenters. The van der Waals surface area contributed by atoms with Crippen molar-refractivity contribution in [1.82, 2.24) is 0 Å². The molecule has 6 nitrogen and oxygen atoms in total. The predicted octanol–water partition coefficient (Wildman–Crippen LogP) is 2.55. The van der Waals surface area contributed by atoms with Crippen LogP contribution < -0.4 is 5.32 Å². The number of sulfone groups is 2. The van der Waals surface area contributed by atoms with Gasteiger partial charge in [0.1, 0.15) is 0 Å². The molecule has 0 bridgehead atoms. The Bertz CT molecular complexity index is 1060. The number of para-hydroxylation sites is 1. The normalized spacial score (nSPS) is 19.2. The summed E-state index contributed by atoms with van der Waals surface area (Å²) in [6, 6.07) is 12.2. The van der Waals surface area contributed by atoms with Crippen molar-refractivity contribution >= 4 is 42.9 Å². The fraction of sp³-hybridized carbons (Fsp3) is 0.235. The summed E-state index contributed by atoms with van der Waals surface area (Å²) in [4.78, 5) is 12.3. The third-order valence-electron chi connectivity index (χ3n) is 4.18. The van der Waals surface area contributed by atoms with Crippen LogP contribution in [0.4, 0.5) is 5.69 Å². The second kappa shape index (κ2) is 7.02. The molecule has 0 aromatic heterocycles. The van der Waals surface area contributed by atoms with Crippen LogP contribution in [0.5, 0.6) is 0 Å². The molecule has 0 spiro atoms. The van der Waals surface area contributed by atoms with Gasteiger partial charge in [0.15, 0.2) is 19.7 Å². The smallest absolute Gasteiger partial charge is 0.255 e. The Morgan fingerprint density at radius 1 is 1.12 bits per heavy atom. The van der Waals surface area contributed by atoms with Gasteiger partial charge >= 0.3 is 0 Å². The van der Waals surface area contributed by atoms with Gasteiger partial charge in [-0.1, -0.05) is 29.8 Å². The Morgan fingerprint density at radius 3 is 2.50 bits per heavy atom. The molecule has 1 heterocycles. The Balaban J connectivity index is 1.86. The Hall–Kier alpha value is -1.90. The van der Waals surface area contributed by atoms with Gasteiger partial charge in [-0.25, -0.2) is 16.8 Å². The summed E-state index contributed by atoms with van der Waals surface area (Å²) in [7, 11) is -7.16. The molecular weight excluding hydrogens is 398 g/mol. The Labute approximate surface area is 157 Å². The standard InChI is InChI=1S/C17H16ClNO5S2/c18-15-6-1-2-7-16(15)19-17(20)12-4-3-5-13(10-12)26(23,24)14-8-9-25(21,22)11-14/h1-7,10,14H,8-9,11H2,(H,19,20)/t14-/m0/s1. The minimum atomic E-state index is -3.83. The van der Waals surface area contributed by atoms with Crippen LogP contribution in [0.25, 0.3) is 0 Å². The van der Waals surface area contributed by atoms with Crippen molar-refractivity contribution in [2.75, 3.05) is 16.8 Å². The molecule has 0 radical (unpaired) electrons. The zero-order valence-electron chi connectivity index (χ0n) is 13.6. The van der Waals surface area contributed by atoms with Crippen molar-refractivity contribution in [3.8, 4) is 0 Å². The molecule has 2 aromatic rings. The van der Waals surface area contributed by atoms with E-state index in [2.05, 4.69) is 5.32 Å². The van der Waals surface area contributed by atoms with Gasteiger partial charge in [0, 0.05) is 5.56 Å². The van der Waals surface area contributed by atoms with Crippen LogP contribution in [-0.2, 0) is 19.7 Å². The highest BCUT2D eigenvalue weighted by atomic mass is 35.5. The summed E-state index contributed by atoms with van der Waals surface area (Å²) in [5.74, 6) is -1.02. The fourth-order valence-electron chi connectivity index (χ4n) is 2.77. The molecule has 1 saturated heterocycles. The van der Waals surface area contributed by atoms with Crippen LogP contribution in [0.2, 0.25) is 5.02 Å². The van der Waals surface area contributed by atoms with Gasteiger partial charge in [0.05, 0.1) is 32.4 Å². The Morgan fingerprint density at radius 2 is 1.85 bits per heavy atom. The number of benzene rings is 2. The molecule has 26 heavy (non-hydrogen) atoms. The average molecular weight is 414 g/mol. The summed E-state index contributed by atoms with van der Waals surface area (Å²) in [6.07, 6.45) is 0.0702. The van der Waals surface area contributed by atoms with Crippen molar-refractivity contribution in [3.05, 3.63) is 59.1 Å². The van der Waals surface area contributed by atoms with Gasteiger partial charge < -0.3 is 5.32 Å². The second-order valence-corrected chi connectivity index (χ2v) is 10.9. The van der Waals surface area contributed by atoms with Crippen LogP contribution in [-0.4, -0.2) is 39.5 Å². The number of nitrogens with one attached hydrogen (secondary N) is 1. The van der Waals surface area contributed by atoms with E-state index in [9.17, 15) is 21.6 Å². The minimum Gasteiger partial charge on any atom is -0.321 e. The first-order valence-electron chi connectivity index (χ1n) is 7.79. The number of halogens is 1. The van der Waals surface area contributed by atoms with Crippen LogP contribution >= 0.6 is 11.6 Å². The maximum Gasteiger partial charge on any atom is 0.255 e. The van der Waals surface area contributed by atoms with Gasteiger partial charge in [0.25, 0.3) is 5.91 Å². The van der Waals surface area contributed by atoms with Crippen molar-refractivity contribution in [1.29, 1.82) is 0 Å². The average Bonchev–Trinajstić information content (AvgIpc) is 2.98. The van der Waals surface area contributed by atoms with E-state index in [1.807, 2.05) is 0 Å². The molecule has 9 heteroatoms. The molecule has 138 valence electrons. The summed E-state index contributed by atoms with van der Waals surface area (Å²) in [6.45, 7) is 0. The van der Waals surface area contributed by atoms with E-state index < -0.39 is 30.8 Å². The molecule has 1 aliphatic heterocycles. The number of rotatable bonds is 4. The molecule has 2 aromatic carbocycles. The SMILES string of the molecule is O=C(Nc1ccccc1Cl)c1cccc(S(=O)(=O)[C@H]2CCS(=O)(=O)C2)c1. The first kappa shape index (κ1) is 18.9. The molecule has 3 rings (SSSR count). The van der Waals surface area contributed by atoms with E-state index in [4.69, 9.17) is 11.6 Å². The molecule has 0 unspecified atom stereocenters. The number of carbonyl (C=O) groups is 1. The number of amides is 1. The quantitative estimate of drug-likeness (QED) is 0.830. The van der Waals surface area contributed by atoms with Gasteiger partial charge in [0.2, 0.25) is 0 Å². The Kier molecular flexibility index (Phi) is 5.09. The molecule has 1 aliphatic rings. The summed E-state index contributed by atoms with van der Waals surface area (Å²) < 4.78 is 48.6. The third-order valence-corrected chi connectivity index (χ3v) is 8.68. The highest BCUT2D eigenvalue weighted by molar-refractivity contribution is 7.96. The van der Waals surface area contributed by atoms with Crippen molar-refractivity contribution in [2.45, 2.75) is 16.6 Å². The van der Waals surface area contributed by atoms with Crippen molar-refractivity contribution in [2.24, 2.45) is 0 Å². The lowest BCUT2D eigenvalue weighted by Crippen LogP contribution is -2.23. The van der Waals surface area contributed by atoms with E-state index in [0.717, 1.165) is 0 Å². The maximum atomic E-state index is 12.7. The van der Waals surface area contributed by atoms with E-state index >= 15 is 0 Å². The lowest BCUT2D eigenvalue weighted by atomic mass is 10.2. The van der Waals surface area contributed by atoms with Crippen LogP contribution in [0.1, 0.15) is 16.8 Å². The highest BCUT2D eigenvalue weighted by Gasteiger charge is 2.38. The molecule has 1 amide bonds. The van der Waals surface area contributed by atoms with E-state index in [1.165, 1.54) is 24.3 Å². The van der Waals surface area contributed by atoms with Gasteiger partial charge in [-0.3, -0.25) is 4.79 Å². The second-order valence-electron chi connectivity index (χ2n) is 6.03. The number of carbonyl (C=O) groups excluding carboxylic acids is 1. The molecule has 0 saturated carbocycles. The van der Waals surface area contributed by atoms with E-state index in [-0.39, 0.29) is 28.4 Å². The van der Waals surface area contributed by atoms with Gasteiger partial charge in [-0.2, -0.15) is 0 Å². The lowest BCUT2D eigenvalue weighted by molar-refractivity contribution is 0.102.